The van der Waals surface area contributed by atoms with Crippen LogP contribution in [-0.4, -0.2) is 21.0 Å². The number of rotatable bonds is 4. The molecule has 1 aliphatic rings. The summed E-state index contributed by atoms with van der Waals surface area (Å²) in [6.45, 7) is 0. The average Bonchev–Trinajstić information content (AvgIpc) is 3.00. The zero-order chi connectivity index (χ0) is 13.4. The van der Waals surface area contributed by atoms with Gasteiger partial charge in [0.05, 0.1) is 0 Å². The Bertz CT molecular complexity index is 703. The highest BCUT2D eigenvalue weighted by molar-refractivity contribution is 7.14. The predicted octanol–water partition coefficient (Wildman–Crippen LogP) is 3.90. The largest absolute Gasteiger partial charge is 0.351 e. The van der Waals surface area contributed by atoms with E-state index in [-0.39, 0.29) is 0 Å². The van der Waals surface area contributed by atoms with Crippen LogP contribution in [0.15, 0.2) is 35.3 Å². The fraction of sp³-hybridized carbons (Fsp3) is 0.214. The standard InChI is InChI=1S/C14H12N4S2/c1-2-11(19-6-1)10-8-16-14(17-9-3-4-9)18-12(10)13-15-5-7-20-13/h1-2,5-9H,3-4H2,(H,16,17,18). The highest BCUT2D eigenvalue weighted by atomic mass is 32.1. The molecule has 4 rings (SSSR count). The second kappa shape index (κ2) is 4.96. The van der Waals surface area contributed by atoms with E-state index in [1.807, 2.05) is 23.8 Å². The number of nitrogens with one attached hydrogen (secondary N) is 1. The summed E-state index contributed by atoms with van der Waals surface area (Å²) in [5, 5.41) is 8.33. The lowest BCUT2D eigenvalue weighted by Gasteiger charge is -2.08. The fourth-order valence-corrected chi connectivity index (χ4v) is 3.35. The van der Waals surface area contributed by atoms with Crippen molar-refractivity contribution >= 4 is 28.6 Å². The minimum atomic E-state index is 0.548. The number of thiazole rings is 1. The first-order valence-electron chi connectivity index (χ1n) is 6.47. The summed E-state index contributed by atoms with van der Waals surface area (Å²) in [7, 11) is 0. The van der Waals surface area contributed by atoms with Gasteiger partial charge >= 0.3 is 0 Å². The molecule has 4 nitrogen and oxygen atoms in total. The van der Waals surface area contributed by atoms with Crippen LogP contribution in [0.3, 0.4) is 0 Å². The second-order valence-electron chi connectivity index (χ2n) is 4.69. The van der Waals surface area contributed by atoms with Gasteiger partial charge in [-0.1, -0.05) is 6.07 Å². The van der Waals surface area contributed by atoms with Crippen LogP contribution in [0, 0.1) is 0 Å². The molecule has 1 fully saturated rings. The molecule has 0 saturated heterocycles. The molecule has 0 aromatic carbocycles. The van der Waals surface area contributed by atoms with Crippen LogP contribution in [-0.2, 0) is 0 Å². The van der Waals surface area contributed by atoms with Crippen LogP contribution >= 0.6 is 22.7 Å². The van der Waals surface area contributed by atoms with Gasteiger partial charge in [0.25, 0.3) is 0 Å². The highest BCUT2D eigenvalue weighted by Gasteiger charge is 2.23. The molecular formula is C14H12N4S2. The fourth-order valence-electron chi connectivity index (χ4n) is 1.98. The summed E-state index contributed by atoms with van der Waals surface area (Å²) in [4.78, 5) is 14.7. The maximum absolute atomic E-state index is 4.68. The summed E-state index contributed by atoms with van der Waals surface area (Å²) in [5.41, 5.74) is 1.97. The van der Waals surface area contributed by atoms with Crippen LogP contribution in [0.1, 0.15) is 12.8 Å². The van der Waals surface area contributed by atoms with Crippen molar-refractivity contribution in [2.24, 2.45) is 0 Å². The molecule has 3 aromatic heterocycles. The van der Waals surface area contributed by atoms with Gasteiger partial charge < -0.3 is 5.32 Å². The molecule has 20 heavy (non-hydrogen) atoms. The van der Waals surface area contributed by atoms with E-state index in [4.69, 9.17) is 0 Å². The van der Waals surface area contributed by atoms with Gasteiger partial charge in [-0.25, -0.2) is 15.0 Å². The lowest BCUT2D eigenvalue weighted by Crippen LogP contribution is -2.06. The van der Waals surface area contributed by atoms with Crippen molar-refractivity contribution in [3.05, 3.63) is 35.3 Å². The van der Waals surface area contributed by atoms with Gasteiger partial charge in [-0.2, -0.15) is 0 Å². The van der Waals surface area contributed by atoms with Crippen molar-refractivity contribution in [3.63, 3.8) is 0 Å². The number of thiophene rings is 1. The third-order valence-corrected chi connectivity index (χ3v) is 4.80. The van der Waals surface area contributed by atoms with Gasteiger partial charge in [0.1, 0.15) is 10.7 Å². The molecule has 0 radical (unpaired) electrons. The Hall–Kier alpha value is -1.79. The molecule has 0 spiro atoms. The lowest BCUT2D eigenvalue weighted by atomic mass is 10.2. The van der Waals surface area contributed by atoms with Crippen LogP contribution in [0.5, 0.6) is 0 Å². The van der Waals surface area contributed by atoms with Gasteiger partial charge in [0.15, 0.2) is 0 Å². The van der Waals surface area contributed by atoms with Gasteiger partial charge in [-0.05, 0) is 24.3 Å². The molecule has 1 saturated carbocycles. The van der Waals surface area contributed by atoms with E-state index in [0.717, 1.165) is 16.3 Å². The Balaban J connectivity index is 1.81. The molecule has 3 heterocycles. The molecule has 0 bridgehead atoms. The predicted molar refractivity (Wildman–Crippen MR) is 83.1 cm³/mol. The molecule has 100 valence electrons. The topological polar surface area (TPSA) is 50.7 Å². The third kappa shape index (κ3) is 2.32. The quantitative estimate of drug-likeness (QED) is 0.794. The first-order valence-corrected chi connectivity index (χ1v) is 8.23. The van der Waals surface area contributed by atoms with Crippen LogP contribution < -0.4 is 5.32 Å². The lowest BCUT2D eigenvalue weighted by molar-refractivity contribution is 1.06. The van der Waals surface area contributed by atoms with Gasteiger partial charge in [0, 0.05) is 34.3 Å². The summed E-state index contributed by atoms with van der Waals surface area (Å²) in [6, 6.07) is 4.68. The number of aromatic nitrogens is 3. The number of nitrogens with zero attached hydrogens (tertiary/aromatic N) is 3. The normalized spacial score (nSPS) is 14.4. The van der Waals surface area contributed by atoms with E-state index < -0.39 is 0 Å². The summed E-state index contributed by atoms with van der Waals surface area (Å²) in [5.74, 6) is 0.706. The Morgan fingerprint density at radius 3 is 2.80 bits per heavy atom. The molecule has 0 atom stereocenters. The van der Waals surface area contributed by atoms with Crippen molar-refractivity contribution in [1.29, 1.82) is 0 Å². The summed E-state index contributed by atoms with van der Waals surface area (Å²) < 4.78 is 0. The summed E-state index contributed by atoms with van der Waals surface area (Å²) in [6.07, 6.45) is 6.14. The van der Waals surface area contributed by atoms with Gasteiger partial charge in [-0.3, -0.25) is 0 Å². The van der Waals surface area contributed by atoms with Crippen molar-refractivity contribution in [2.45, 2.75) is 18.9 Å². The van der Waals surface area contributed by atoms with Gasteiger partial charge in [0.2, 0.25) is 5.95 Å². The maximum Gasteiger partial charge on any atom is 0.223 e. The van der Waals surface area contributed by atoms with E-state index in [1.54, 1.807) is 22.7 Å². The molecule has 1 aliphatic carbocycles. The second-order valence-corrected chi connectivity index (χ2v) is 6.53. The molecule has 1 N–H and O–H groups in total. The van der Waals surface area contributed by atoms with Crippen LogP contribution in [0.4, 0.5) is 5.95 Å². The molecule has 0 amide bonds. The van der Waals surface area contributed by atoms with Crippen molar-refractivity contribution in [2.75, 3.05) is 5.32 Å². The number of hydrogen-bond acceptors (Lipinski definition) is 6. The number of hydrogen-bond donors (Lipinski definition) is 1. The van der Waals surface area contributed by atoms with E-state index in [9.17, 15) is 0 Å². The van der Waals surface area contributed by atoms with E-state index in [1.165, 1.54) is 17.7 Å². The van der Waals surface area contributed by atoms with E-state index in [0.29, 0.717) is 12.0 Å². The molecule has 3 aromatic rings. The van der Waals surface area contributed by atoms with Crippen molar-refractivity contribution in [1.82, 2.24) is 15.0 Å². The first kappa shape index (κ1) is 12.0. The average molecular weight is 300 g/mol. The zero-order valence-corrected chi connectivity index (χ0v) is 12.2. The third-order valence-electron chi connectivity index (χ3n) is 3.12. The summed E-state index contributed by atoms with van der Waals surface area (Å²) >= 11 is 3.30. The van der Waals surface area contributed by atoms with Crippen molar-refractivity contribution < 1.29 is 0 Å². The maximum atomic E-state index is 4.68. The Morgan fingerprint density at radius 1 is 1.15 bits per heavy atom. The van der Waals surface area contributed by atoms with Crippen LogP contribution in [0.2, 0.25) is 0 Å². The monoisotopic (exact) mass is 300 g/mol. The molecule has 0 aliphatic heterocycles. The van der Waals surface area contributed by atoms with E-state index >= 15 is 0 Å². The first-order chi connectivity index (χ1) is 9.90. The molecule has 0 unspecified atom stereocenters. The van der Waals surface area contributed by atoms with E-state index in [2.05, 4.69) is 31.7 Å². The number of anilines is 1. The Labute approximate surface area is 124 Å². The molecule has 6 heteroatoms. The minimum Gasteiger partial charge on any atom is -0.351 e. The highest BCUT2D eigenvalue weighted by Crippen LogP contribution is 2.34. The SMILES string of the molecule is c1csc(-c2cnc(NC3CC3)nc2-c2nccs2)c1. The van der Waals surface area contributed by atoms with Crippen LogP contribution in [0.25, 0.3) is 21.1 Å². The Morgan fingerprint density at radius 2 is 2.10 bits per heavy atom. The Kier molecular flexibility index (Phi) is 2.97. The minimum absolute atomic E-state index is 0.548. The molecular weight excluding hydrogens is 288 g/mol. The zero-order valence-electron chi connectivity index (χ0n) is 10.6. The smallest absolute Gasteiger partial charge is 0.223 e. The van der Waals surface area contributed by atoms with Crippen molar-refractivity contribution in [3.8, 4) is 21.1 Å². The van der Waals surface area contributed by atoms with Gasteiger partial charge in [-0.15, -0.1) is 22.7 Å².